The Bertz CT molecular complexity index is 613. The monoisotopic (exact) mass is 298 g/mol. The quantitative estimate of drug-likeness (QED) is 0.495. The minimum absolute atomic E-state index is 0.0612. The molecule has 0 aliphatic heterocycles. The van der Waals surface area contributed by atoms with E-state index in [-0.39, 0.29) is 24.7 Å². The number of nitrogens with one attached hydrogen (secondary N) is 1. The van der Waals surface area contributed by atoms with Gasteiger partial charge in [-0.1, -0.05) is 11.8 Å². The average molecular weight is 298 g/mol. The van der Waals surface area contributed by atoms with Crippen molar-refractivity contribution in [3.05, 3.63) is 29.8 Å². The van der Waals surface area contributed by atoms with Gasteiger partial charge in [0.1, 0.15) is 13.2 Å². The second-order valence-electron chi connectivity index (χ2n) is 3.55. The Morgan fingerprint density at radius 1 is 1.35 bits per heavy atom. The van der Waals surface area contributed by atoms with E-state index in [1.807, 2.05) is 0 Å². The van der Waals surface area contributed by atoms with Crippen molar-refractivity contribution in [2.75, 3.05) is 19.8 Å². The van der Waals surface area contributed by atoms with Gasteiger partial charge >= 0.3 is 6.09 Å². The Morgan fingerprint density at radius 3 is 2.55 bits per heavy atom. The lowest BCUT2D eigenvalue weighted by molar-refractivity contribution is 0.159. The van der Waals surface area contributed by atoms with Gasteiger partial charge < -0.3 is 15.6 Å². The Morgan fingerprint density at radius 2 is 2.00 bits per heavy atom. The predicted octanol–water partition coefficient (Wildman–Crippen LogP) is -0.596. The molecule has 0 atom stereocenters. The van der Waals surface area contributed by atoms with Crippen molar-refractivity contribution in [3.63, 3.8) is 0 Å². The maximum Gasteiger partial charge on any atom is 0.404 e. The van der Waals surface area contributed by atoms with E-state index in [9.17, 15) is 13.2 Å². The van der Waals surface area contributed by atoms with E-state index in [1.54, 1.807) is 0 Å². The normalized spacial score (nSPS) is 10.4. The Hall–Kier alpha value is -2.08. The van der Waals surface area contributed by atoms with Crippen LogP contribution in [0, 0.1) is 11.8 Å². The van der Waals surface area contributed by atoms with Gasteiger partial charge in [-0.25, -0.2) is 17.9 Å². The summed E-state index contributed by atoms with van der Waals surface area (Å²) < 4.78 is 30.3. The smallest absolute Gasteiger partial charge is 0.404 e. The lowest BCUT2D eigenvalue weighted by Crippen LogP contribution is -2.29. The summed E-state index contributed by atoms with van der Waals surface area (Å²) in [6.45, 7) is -0.479. The summed E-state index contributed by atoms with van der Waals surface area (Å²) in [6.07, 6.45) is -0.962. The minimum atomic E-state index is -3.68. The molecule has 20 heavy (non-hydrogen) atoms. The van der Waals surface area contributed by atoms with Gasteiger partial charge in [0.05, 0.1) is 4.90 Å². The molecule has 1 rings (SSSR count). The number of aliphatic hydroxyl groups is 1. The van der Waals surface area contributed by atoms with E-state index in [2.05, 4.69) is 21.3 Å². The number of primary amides is 1. The number of rotatable bonds is 5. The van der Waals surface area contributed by atoms with Gasteiger partial charge in [0.25, 0.3) is 0 Å². The summed E-state index contributed by atoms with van der Waals surface area (Å²) in [5, 5.41) is 8.55. The first kappa shape index (κ1) is 16.0. The van der Waals surface area contributed by atoms with Gasteiger partial charge in [-0.2, -0.15) is 0 Å². The standard InChI is InChI=1S/C12H14N2O5S/c13-12(16)19-9-7-14-20(17,18)11-5-3-10(4-6-11)2-1-8-15/h3-6,14-15H,7-9H2,(H2,13,16). The van der Waals surface area contributed by atoms with E-state index in [0.29, 0.717) is 5.56 Å². The third-order valence-electron chi connectivity index (χ3n) is 2.11. The van der Waals surface area contributed by atoms with Crippen LogP contribution in [0.15, 0.2) is 29.2 Å². The van der Waals surface area contributed by atoms with Crippen molar-refractivity contribution in [2.45, 2.75) is 4.90 Å². The molecule has 0 aromatic heterocycles. The van der Waals surface area contributed by atoms with Crippen LogP contribution in [0.4, 0.5) is 4.79 Å². The number of aliphatic hydroxyl groups excluding tert-OH is 1. The molecule has 0 aliphatic carbocycles. The van der Waals surface area contributed by atoms with Crippen LogP contribution in [-0.2, 0) is 14.8 Å². The van der Waals surface area contributed by atoms with Crippen molar-refractivity contribution in [1.29, 1.82) is 0 Å². The minimum Gasteiger partial charge on any atom is -0.448 e. The molecule has 0 fully saturated rings. The van der Waals surface area contributed by atoms with Crippen molar-refractivity contribution in [1.82, 2.24) is 4.72 Å². The predicted molar refractivity (Wildman–Crippen MR) is 71.1 cm³/mol. The first-order chi connectivity index (χ1) is 9.45. The molecule has 0 aliphatic rings. The van der Waals surface area contributed by atoms with Crippen molar-refractivity contribution < 1.29 is 23.1 Å². The maximum atomic E-state index is 11.8. The number of carbonyl (C=O) groups excluding carboxylic acids is 1. The summed E-state index contributed by atoms with van der Waals surface area (Å²) in [6, 6.07) is 5.82. The number of benzene rings is 1. The molecular formula is C12H14N2O5S. The molecule has 0 spiro atoms. The second kappa shape index (κ2) is 7.49. The van der Waals surface area contributed by atoms with Crippen LogP contribution in [0.2, 0.25) is 0 Å². The average Bonchev–Trinajstić information content (AvgIpc) is 2.42. The zero-order valence-electron chi connectivity index (χ0n) is 10.5. The van der Waals surface area contributed by atoms with Crippen LogP contribution < -0.4 is 10.5 Å². The first-order valence-electron chi connectivity index (χ1n) is 5.57. The number of amides is 1. The van der Waals surface area contributed by atoms with Crippen LogP contribution in [-0.4, -0.2) is 39.4 Å². The summed E-state index contributed by atoms with van der Waals surface area (Å²) in [5.74, 6) is 5.11. The number of hydrogen-bond donors (Lipinski definition) is 3. The van der Waals surface area contributed by atoms with Gasteiger partial charge in [-0.15, -0.1) is 0 Å². The molecule has 0 radical (unpaired) electrons. The van der Waals surface area contributed by atoms with Crippen LogP contribution in [0.3, 0.4) is 0 Å². The lowest BCUT2D eigenvalue weighted by atomic mass is 10.2. The molecule has 8 heteroatoms. The fourth-order valence-electron chi connectivity index (χ4n) is 1.27. The van der Waals surface area contributed by atoms with Crippen molar-refractivity contribution in [2.24, 2.45) is 5.73 Å². The Labute approximate surface area is 116 Å². The lowest BCUT2D eigenvalue weighted by Gasteiger charge is -2.06. The Balaban J connectivity index is 2.65. The maximum absolute atomic E-state index is 11.8. The molecule has 0 heterocycles. The van der Waals surface area contributed by atoms with Crippen molar-refractivity contribution >= 4 is 16.1 Å². The van der Waals surface area contributed by atoms with Crippen LogP contribution >= 0.6 is 0 Å². The van der Waals surface area contributed by atoms with Crippen LogP contribution in [0.25, 0.3) is 0 Å². The number of hydrogen-bond acceptors (Lipinski definition) is 5. The molecule has 0 bridgehead atoms. The Kier molecular flexibility index (Phi) is 5.99. The number of ether oxygens (including phenoxy) is 1. The van der Waals surface area contributed by atoms with Crippen LogP contribution in [0.5, 0.6) is 0 Å². The highest BCUT2D eigenvalue weighted by atomic mass is 32.2. The van der Waals surface area contributed by atoms with E-state index in [4.69, 9.17) is 10.8 Å². The number of nitrogens with two attached hydrogens (primary N) is 1. The molecule has 0 unspecified atom stereocenters. The van der Waals surface area contributed by atoms with Crippen molar-refractivity contribution in [3.8, 4) is 11.8 Å². The molecule has 1 aromatic rings. The largest absolute Gasteiger partial charge is 0.448 e. The number of carbonyl (C=O) groups is 1. The first-order valence-corrected chi connectivity index (χ1v) is 7.06. The zero-order valence-corrected chi connectivity index (χ0v) is 11.3. The highest BCUT2D eigenvalue weighted by molar-refractivity contribution is 7.89. The highest BCUT2D eigenvalue weighted by Gasteiger charge is 2.12. The topological polar surface area (TPSA) is 119 Å². The third kappa shape index (κ3) is 5.27. The second-order valence-corrected chi connectivity index (χ2v) is 5.32. The molecule has 0 saturated heterocycles. The van der Waals surface area contributed by atoms with E-state index in [0.717, 1.165) is 0 Å². The highest BCUT2D eigenvalue weighted by Crippen LogP contribution is 2.09. The summed E-state index contributed by atoms with van der Waals surface area (Å²) in [4.78, 5) is 10.4. The van der Waals surface area contributed by atoms with Gasteiger partial charge in [-0.05, 0) is 24.3 Å². The summed E-state index contributed by atoms with van der Waals surface area (Å²) in [7, 11) is -3.68. The third-order valence-corrected chi connectivity index (χ3v) is 3.59. The van der Waals surface area contributed by atoms with E-state index in [1.165, 1.54) is 24.3 Å². The molecular weight excluding hydrogens is 284 g/mol. The molecule has 1 aromatic carbocycles. The zero-order chi connectivity index (χ0) is 15.0. The van der Waals surface area contributed by atoms with Crippen LogP contribution in [0.1, 0.15) is 5.56 Å². The molecule has 7 nitrogen and oxygen atoms in total. The molecule has 108 valence electrons. The van der Waals surface area contributed by atoms with Gasteiger partial charge in [0.15, 0.2) is 0 Å². The number of sulfonamides is 1. The fourth-order valence-corrected chi connectivity index (χ4v) is 2.28. The van der Waals surface area contributed by atoms with E-state index < -0.39 is 16.1 Å². The SMILES string of the molecule is NC(=O)OCCNS(=O)(=O)c1ccc(C#CCO)cc1. The summed E-state index contributed by atoms with van der Waals surface area (Å²) in [5.41, 5.74) is 5.33. The molecule has 4 N–H and O–H groups in total. The van der Waals surface area contributed by atoms with Gasteiger partial charge in [0, 0.05) is 12.1 Å². The fraction of sp³-hybridized carbons (Fsp3) is 0.250. The van der Waals surface area contributed by atoms with Gasteiger partial charge in [-0.3, -0.25) is 0 Å². The van der Waals surface area contributed by atoms with Gasteiger partial charge in [0.2, 0.25) is 10.0 Å². The summed E-state index contributed by atoms with van der Waals surface area (Å²) >= 11 is 0. The molecule has 0 saturated carbocycles. The van der Waals surface area contributed by atoms with E-state index >= 15 is 0 Å². The molecule has 1 amide bonds.